The van der Waals surface area contributed by atoms with Crippen molar-refractivity contribution < 1.29 is 9.21 Å². The van der Waals surface area contributed by atoms with Gasteiger partial charge in [-0.25, -0.2) is 4.98 Å². The number of halogens is 1. The normalized spacial score (nSPS) is 10.7. The molecule has 0 unspecified atom stereocenters. The minimum absolute atomic E-state index is 0.538. The van der Waals surface area contributed by atoms with E-state index in [4.69, 9.17) is 4.42 Å². The van der Waals surface area contributed by atoms with Crippen LogP contribution in [0.15, 0.2) is 52.9 Å². The number of aryl methyl sites for hydroxylation is 1. The molecule has 0 saturated heterocycles. The predicted octanol–water partition coefficient (Wildman–Crippen LogP) is 7.33. The fourth-order valence-electron chi connectivity index (χ4n) is 2.65. The third kappa shape index (κ3) is 6.03. The highest BCUT2D eigenvalue weighted by Crippen LogP contribution is 2.25. The molecule has 0 radical (unpaired) electrons. The highest BCUT2D eigenvalue weighted by molar-refractivity contribution is 14.1. The lowest BCUT2D eigenvalue weighted by Crippen LogP contribution is -1.87. The van der Waals surface area contributed by atoms with Crippen LogP contribution in [0.1, 0.15) is 72.5 Å². The Kier molecular flexibility index (Phi) is 8.42. The minimum atomic E-state index is 0.538. The van der Waals surface area contributed by atoms with E-state index in [0.717, 1.165) is 39.2 Å². The second-order valence-electron chi connectivity index (χ2n) is 7.37. The highest BCUT2D eigenvalue weighted by atomic mass is 127. The fraction of sp³-hybridized carbons (Fsp3) is 0.333. The maximum absolute atomic E-state index is 10.3. The summed E-state index contributed by atoms with van der Waals surface area (Å²) in [7, 11) is 0. The predicted molar refractivity (Wildman–Crippen MR) is 124 cm³/mol. The Morgan fingerprint density at radius 2 is 1.43 bits per heavy atom. The molecule has 0 amide bonds. The molecule has 28 heavy (non-hydrogen) atoms. The van der Waals surface area contributed by atoms with Gasteiger partial charge in [-0.15, -0.1) is 0 Å². The van der Waals surface area contributed by atoms with Gasteiger partial charge in [-0.1, -0.05) is 86.7 Å². The summed E-state index contributed by atoms with van der Waals surface area (Å²) >= 11 is 2.30. The van der Waals surface area contributed by atoms with Gasteiger partial charge in [0.1, 0.15) is 12.0 Å². The third-order valence-corrected chi connectivity index (χ3v) is 5.31. The number of rotatable bonds is 5. The Bertz CT molecular complexity index is 878. The standard InChI is InChI=1S/C14H16INO.C10H12O/c1-9(2)11-4-6-12(7-5-11)14-16-13(8-15)10(3)17-14;1-8(2)10-5-3-9(7-11)4-6-10/h4-7,9H,8H2,1-3H3;3-8H,1-2H3. The van der Waals surface area contributed by atoms with E-state index < -0.39 is 0 Å². The number of hydrogen-bond donors (Lipinski definition) is 0. The SMILES string of the molecule is CC(C)c1ccc(C=O)cc1.Cc1oc(-c2ccc(C(C)C)cc2)nc1CI. The minimum Gasteiger partial charge on any atom is -0.441 e. The number of carbonyl (C=O) groups is 1. The number of aromatic nitrogens is 1. The Hall–Kier alpha value is -1.95. The lowest BCUT2D eigenvalue weighted by molar-refractivity contribution is 0.112. The third-order valence-electron chi connectivity index (χ3n) is 4.58. The Morgan fingerprint density at radius 1 is 0.929 bits per heavy atom. The molecular weight excluding hydrogens is 461 g/mol. The monoisotopic (exact) mass is 489 g/mol. The maximum atomic E-state index is 10.3. The molecule has 4 heteroatoms. The molecule has 3 nitrogen and oxygen atoms in total. The molecule has 148 valence electrons. The summed E-state index contributed by atoms with van der Waals surface area (Å²) in [5, 5.41) is 0. The lowest BCUT2D eigenvalue weighted by atomic mass is 10.0. The summed E-state index contributed by atoms with van der Waals surface area (Å²) in [6, 6.07) is 16.1. The van der Waals surface area contributed by atoms with Gasteiger partial charge in [-0.3, -0.25) is 4.79 Å². The summed E-state index contributed by atoms with van der Waals surface area (Å²) in [6.45, 7) is 10.6. The quantitative estimate of drug-likeness (QED) is 0.214. The summed E-state index contributed by atoms with van der Waals surface area (Å²) in [5.74, 6) is 2.74. The van der Waals surface area contributed by atoms with Crippen molar-refractivity contribution in [2.24, 2.45) is 0 Å². The smallest absolute Gasteiger partial charge is 0.226 e. The first kappa shape index (κ1) is 22.3. The fourth-order valence-corrected chi connectivity index (χ4v) is 3.35. The Labute approximate surface area is 181 Å². The molecule has 2 aromatic carbocycles. The van der Waals surface area contributed by atoms with Crippen LogP contribution in [0.2, 0.25) is 0 Å². The summed E-state index contributed by atoms with van der Waals surface area (Å²) in [5.41, 5.74) is 5.44. The van der Waals surface area contributed by atoms with Crippen LogP contribution in [-0.4, -0.2) is 11.3 Å². The van der Waals surface area contributed by atoms with Crippen molar-refractivity contribution in [1.29, 1.82) is 0 Å². The molecular formula is C24H28INO2. The van der Waals surface area contributed by atoms with E-state index in [-0.39, 0.29) is 0 Å². The van der Waals surface area contributed by atoms with Gasteiger partial charge in [0.15, 0.2) is 0 Å². The maximum Gasteiger partial charge on any atom is 0.226 e. The van der Waals surface area contributed by atoms with Crippen LogP contribution in [0.3, 0.4) is 0 Å². The second-order valence-corrected chi connectivity index (χ2v) is 8.13. The first-order valence-corrected chi connectivity index (χ1v) is 11.1. The van der Waals surface area contributed by atoms with Crippen molar-refractivity contribution in [3.05, 3.63) is 76.7 Å². The molecule has 1 aromatic heterocycles. The molecule has 0 atom stereocenters. The van der Waals surface area contributed by atoms with E-state index in [1.807, 2.05) is 31.2 Å². The number of carbonyl (C=O) groups excluding carboxylic acids is 1. The van der Waals surface area contributed by atoms with Gasteiger partial charge in [0.2, 0.25) is 5.89 Å². The van der Waals surface area contributed by atoms with Crippen molar-refractivity contribution in [1.82, 2.24) is 4.98 Å². The molecule has 0 fully saturated rings. The van der Waals surface area contributed by atoms with E-state index in [2.05, 4.69) is 79.5 Å². The first-order chi connectivity index (χ1) is 13.3. The topological polar surface area (TPSA) is 43.1 Å². The van der Waals surface area contributed by atoms with Crippen LogP contribution >= 0.6 is 22.6 Å². The number of oxazole rings is 1. The van der Waals surface area contributed by atoms with Crippen molar-refractivity contribution in [3.63, 3.8) is 0 Å². The number of hydrogen-bond acceptors (Lipinski definition) is 3. The van der Waals surface area contributed by atoms with Crippen LogP contribution in [0, 0.1) is 6.92 Å². The van der Waals surface area contributed by atoms with Crippen LogP contribution < -0.4 is 0 Å². The number of alkyl halides is 1. The molecule has 0 aliphatic heterocycles. The van der Waals surface area contributed by atoms with Crippen molar-refractivity contribution in [2.45, 2.75) is 50.9 Å². The average molecular weight is 489 g/mol. The molecule has 0 aliphatic carbocycles. The largest absolute Gasteiger partial charge is 0.441 e. The van der Waals surface area contributed by atoms with Gasteiger partial charge in [-0.2, -0.15) is 0 Å². The Balaban J connectivity index is 0.000000221. The molecule has 1 heterocycles. The average Bonchev–Trinajstić information content (AvgIpc) is 3.09. The number of nitrogens with zero attached hydrogens (tertiary/aromatic N) is 1. The second kappa shape index (κ2) is 10.6. The van der Waals surface area contributed by atoms with E-state index >= 15 is 0 Å². The zero-order chi connectivity index (χ0) is 20.7. The van der Waals surface area contributed by atoms with Crippen molar-refractivity contribution in [2.75, 3.05) is 0 Å². The van der Waals surface area contributed by atoms with Crippen LogP contribution in [0.25, 0.3) is 11.5 Å². The number of aldehydes is 1. The summed E-state index contributed by atoms with van der Waals surface area (Å²) in [6.07, 6.45) is 0.865. The van der Waals surface area contributed by atoms with Crippen LogP contribution in [0.4, 0.5) is 0 Å². The highest BCUT2D eigenvalue weighted by Gasteiger charge is 2.10. The van der Waals surface area contributed by atoms with Gasteiger partial charge >= 0.3 is 0 Å². The molecule has 0 aliphatic rings. The lowest BCUT2D eigenvalue weighted by Gasteiger charge is -2.04. The molecule has 0 bridgehead atoms. The molecule has 0 saturated carbocycles. The summed E-state index contributed by atoms with van der Waals surface area (Å²) in [4.78, 5) is 14.8. The molecule has 0 N–H and O–H groups in total. The van der Waals surface area contributed by atoms with Crippen LogP contribution in [-0.2, 0) is 4.43 Å². The van der Waals surface area contributed by atoms with E-state index in [1.54, 1.807) is 0 Å². The molecule has 3 rings (SSSR count). The van der Waals surface area contributed by atoms with Gasteiger partial charge in [0, 0.05) is 15.6 Å². The molecule has 3 aromatic rings. The van der Waals surface area contributed by atoms with Gasteiger partial charge in [-0.05, 0) is 42.0 Å². The van der Waals surface area contributed by atoms with Crippen molar-refractivity contribution >= 4 is 28.9 Å². The Morgan fingerprint density at radius 3 is 1.82 bits per heavy atom. The van der Waals surface area contributed by atoms with E-state index in [1.165, 1.54) is 11.1 Å². The zero-order valence-electron chi connectivity index (χ0n) is 17.2. The first-order valence-electron chi connectivity index (χ1n) is 9.53. The van der Waals surface area contributed by atoms with Gasteiger partial charge < -0.3 is 4.42 Å². The van der Waals surface area contributed by atoms with E-state index in [9.17, 15) is 4.79 Å². The summed E-state index contributed by atoms with van der Waals surface area (Å²) < 4.78 is 6.56. The van der Waals surface area contributed by atoms with Crippen LogP contribution in [0.5, 0.6) is 0 Å². The number of benzene rings is 2. The van der Waals surface area contributed by atoms with Gasteiger partial charge in [0.05, 0.1) is 5.69 Å². The zero-order valence-corrected chi connectivity index (χ0v) is 19.4. The van der Waals surface area contributed by atoms with E-state index in [0.29, 0.717) is 11.8 Å². The van der Waals surface area contributed by atoms with Gasteiger partial charge in [0.25, 0.3) is 0 Å². The molecule has 0 spiro atoms. The van der Waals surface area contributed by atoms with Crippen molar-refractivity contribution in [3.8, 4) is 11.5 Å².